The Balaban J connectivity index is 1.97. The minimum Gasteiger partial charge on any atom is -0.477 e. The molecule has 7 heteroatoms. The molecule has 6 nitrogen and oxygen atoms in total. The Morgan fingerprint density at radius 1 is 1.44 bits per heavy atom. The van der Waals surface area contributed by atoms with E-state index in [1.165, 1.54) is 12.1 Å². The van der Waals surface area contributed by atoms with Crippen molar-refractivity contribution in [3.05, 3.63) is 39.7 Å². The van der Waals surface area contributed by atoms with Crippen LogP contribution in [0.4, 0.5) is 0 Å². The van der Waals surface area contributed by atoms with Crippen LogP contribution in [0.5, 0.6) is 0 Å². The monoisotopic (exact) mass is 266 g/mol. The first kappa shape index (κ1) is 12.3. The Hall–Kier alpha value is -2.15. The summed E-state index contributed by atoms with van der Waals surface area (Å²) in [5.74, 6) is -0.301. The minimum atomic E-state index is -1.04. The maximum atomic E-state index is 11.7. The van der Waals surface area contributed by atoms with Gasteiger partial charge in [-0.1, -0.05) is 0 Å². The molecule has 0 aromatic carbocycles. The highest BCUT2D eigenvalue weighted by atomic mass is 32.1. The van der Waals surface area contributed by atoms with Gasteiger partial charge in [0.2, 0.25) is 5.89 Å². The lowest BCUT2D eigenvalue weighted by Crippen LogP contribution is -2.21. The van der Waals surface area contributed by atoms with Crippen LogP contribution >= 0.6 is 11.3 Å². The summed E-state index contributed by atoms with van der Waals surface area (Å²) >= 11 is 0.927. The summed E-state index contributed by atoms with van der Waals surface area (Å²) in [5, 5.41) is 11.3. The number of carbonyl (C=O) groups excluding carboxylic acids is 1. The molecule has 0 saturated heterocycles. The van der Waals surface area contributed by atoms with E-state index in [0.29, 0.717) is 16.5 Å². The van der Waals surface area contributed by atoms with Gasteiger partial charge in [0, 0.05) is 0 Å². The smallest absolute Gasteiger partial charge is 0.345 e. The molecule has 2 N–H and O–H groups in total. The van der Waals surface area contributed by atoms with Crippen LogP contribution in [0.2, 0.25) is 0 Å². The van der Waals surface area contributed by atoms with E-state index in [0.717, 1.165) is 11.3 Å². The number of aryl methyl sites for hydroxylation is 1. The van der Waals surface area contributed by atoms with Gasteiger partial charge in [-0.2, -0.15) is 0 Å². The molecule has 0 fully saturated rings. The molecular formula is C11H10N2O4S. The molecule has 0 aliphatic rings. The fraction of sp³-hybridized carbons (Fsp3) is 0.182. The van der Waals surface area contributed by atoms with E-state index < -0.39 is 5.97 Å². The summed E-state index contributed by atoms with van der Waals surface area (Å²) in [5.41, 5.74) is 0. The Morgan fingerprint density at radius 3 is 2.72 bits per heavy atom. The Morgan fingerprint density at radius 2 is 2.17 bits per heavy atom. The van der Waals surface area contributed by atoms with Gasteiger partial charge in [-0.3, -0.25) is 4.79 Å². The number of thiophene rings is 1. The van der Waals surface area contributed by atoms with E-state index in [2.05, 4.69) is 10.3 Å². The molecule has 94 valence electrons. The highest BCUT2D eigenvalue weighted by molar-refractivity contribution is 7.15. The second kappa shape index (κ2) is 5.01. The van der Waals surface area contributed by atoms with Crippen LogP contribution in [0.15, 0.2) is 22.7 Å². The Bertz CT molecular complexity index is 587. The van der Waals surface area contributed by atoms with Crippen molar-refractivity contribution in [1.29, 1.82) is 0 Å². The number of nitrogens with one attached hydrogen (secondary N) is 1. The summed E-state index contributed by atoms with van der Waals surface area (Å²) in [7, 11) is 0. The number of carboxylic acid groups (broad SMARTS) is 1. The third-order valence-electron chi connectivity index (χ3n) is 2.11. The molecule has 0 unspecified atom stereocenters. The number of aromatic carboxylic acids is 1. The standard InChI is InChI=1S/C11H10N2O4S/c1-6-4-12-9(17-6)5-13-10(14)7-2-3-8(18-7)11(15)16/h2-4H,5H2,1H3,(H,13,14)(H,15,16). The van der Waals surface area contributed by atoms with Gasteiger partial charge >= 0.3 is 5.97 Å². The zero-order valence-corrected chi connectivity index (χ0v) is 10.3. The van der Waals surface area contributed by atoms with E-state index in [4.69, 9.17) is 9.52 Å². The second-order valence-corrected chi connectivity index (χ2v) is 4.60. The molecule has 2 heterocycles. The molecule has 0 bridgehead atoms. The van der Waals surface area contributed by atoms with Gasteiger partial charge in [-0.15, -0.1) is 11.3 Å². The molecule has 0 radical (unpaired) electrons. The molecule has 2 aromatic heterocycles. The van der Waals surface area contributed by atoms with Crippen molar-refractivity contribution in [3.63, 3.8) is 0 Å². The number of aromatic nitrogens is 1. The van der Waals surface area contributed by atoms with Crippen molar-refractivity contribution >= 4 is 23.2 Å². The summed E-state index contributed by atoms with van der Waals surface area (Å²) in [6.07, 6.45) is 1.56. The van der Waals surface area contributed by atoms with Crippen LogP contribution < -0.4 is 5.32 Å². The van der Waals surface area contributed by atoms with Crippen molar-refractivity contribution in [2.24, 2.45) is 0 Å². The van der Waals surface area contributed by atoms with Gasteiger partial charge in [-0.25, -0.2) is 9.78 Å². The van der Waals surface area contributed by atoms with Crippen LogP contribution in [0, 0.1) is 6.92 Å². The van der Waals surface area contributed by atoms with Crippen molar-refractivity contribution in [1.82, 2.24) is 10.3 Å². The first-order chi connectivity index (χ1) is 8.56. The molecular weight excluding hydrogens is 256 g/mol. The summed E-state index contributed by atoms with van der Waals surface area (Å²) in [6, 6.07) is 2.88. The zero-order chi connectivity index (χ0) is 13.1. The lowest BCUT2D eigenvalue weighted by atomic mass is 10.4. The van der Waals surface area contributed by atoms with E-state index >= 15 is 0 Å². The lowest BCUT2D eigenvalue weighted by Gasteiger charge is -1.99. The van der Waals surface area contributed by atoms with Crippen molar-refractivity contribution in [2.45, 2.75) is 13.5 Å². The van der Waals surface area contributed by atoms with E-state index in [1.54, 1.807) is 13.1 Å². The maximum Gasteiger partial charge on any atom is 0.345 e. The van der Waals surface area contributed by atoms with Gasteiger partial charge in [0.25, 0.3) is 5.91 Å². The number of carbonyl (C=O) groups is 2. The van der Waals surface area contributed by atoms with Crippen molar-refractivity contribution in [2.75, 3.05) is 0 Å². The van der Waals surface area contributed by atoms with Crippen LogP contribution in [0.1, 0.15) is 31.0 Å². The van der Waals surface area contributed by atoms with Crippen molar-refractivity contribution < 1.29 is 19.1 Å². The fourth-order valence-electron chi connectivity index (χ4n) is 1.30. The maximum absolute atomic E-state index is 11.7. The van der Waals surface area contributed by atoms with Crippen LogP contribution in [-0.2, 0) is 6.54 Å². The number of amides is 1. The molecule has 2 aromatic rings. The number of hydrogen-bond acceptors (Lipinski definition) is 5. The molecule has 1 amide bonds. The van der Waals surface area contributed by atoms with Gasteiger partial charge in [0.1, 0.15) is 10.6 Å². The highest BCUT2D eigenvalue weighted by Gasteiger charge is 2.13. The van der Waals surface area contributed by atoms with Crippen LogP contribution in [0.25, 0.3) is 0 Å². The first-order valence-electron chi connectivity index (χ1n) is 5.09. The number of rotatable bonds is 4. The predicted molar refractivity (Wildman–Crippen MR) is 63.7 cm³/mol. The van der Waals surface area contributed by atoms with Gasteiger partial charge in [0.05, 0.1) is 17.6 Å². The number of hydrogen-bond donors (Lipinski definition) is 2. The third-order valence-corrected chi connectivity index (χ3v) is 3.18. The summed E-state index contributed by atoms with van der Waals surface area (Å²) < 4.78 is 5.20. The zero-order valence-electron chi connectivity index (χ0n) is 9.47. The summed E-state index contributed by atoms with van der Waals surface area (Å²) in [6.45, 7) is 1.93. The predicted octanol–water partition coefficient (Wildman–Crippen LogP) is 1.67. The first-order valence-corrected chi connectivity index (χ1v) is 5.90. The quantitative estimate of drug-likeness (QED) is 0.878. The lowest BCUT2D eigenvalue weighted by molar-refractivity contribution is 0.0702. The normalized spacial score (nSPS) is 10.3. The molecule has 0 saturated carbocycles. The molecule has 0 aliphatic carbocycles. The fourth-order valence-corrected chi connectivity index (χ4v) is 2.06. The largest absolute Gasteiger partial charge is 0.477 e. The molecule has 0 spiro atoms. The minimum absolute atomic E-state index is 0.132. The molecule has 2 rings (SSSR count). The number of nitrogens with zero attached hydrogens (tertiary/aromatic N) is 1. The van der Waals surface area contributed by atoms with Gasteiger partial charge in [-0.05, 0) is 19.1 Å². The highest BCUT2D eigenvalue weighted by Crippen LogP contribution is 2.16. The number of carboxylic acids is 1. The van der Waals surface area contributed by atoms with Gasteiger partial charge in [0.15, 0.2) is 0 Å². The van der Waals surface area contributed by atoms with E-state index in [9.17, 15) is 9.59 Å². The average molecular weight is 266 g/mol. The average Bonchev–Trinajstić information content (AvgIpc) is 2.94. The van der Waals surface area contributed by atoms with Gasteiger partial charge < -0.3 is 14.8 Å². The van der Waals surface area contributed by atoms with E-state index in [-0.39, 0.29) is 17.3 Å². The van der Waals surface area contributed by atoms with Crippen LogP contribution in [0.3, 0.4) is 0 Å². The molecule has 18 heavy (non-hydrogen) atoms. The summed E-state index contributed by atoms with van der Waals surface area (Å²) in [4.78, 5) is 26.8. The second-order valence-electron chi connectivity index (χ2n) is 3.52. The topological polar surface area (TPSA) is 92.4 Å². The SMILES string of the molecule is Cc1cnc(CNC(=O)c2ccc(C(=O)O)s2)o1. The van der Waals surface area contributed by atoms with E-state index in [1.807, 2.05) is 0 Å². The molecule has 0 atom stereocenters. The number of oxazole rings is 1. The molecule has 0 aliphatic heterocycles. The van der Waals surface area contributed by atoms with Crippen molar-refractivity contribution in [3.8, 4) is 0 Å². The van der Waals surface area contributed by atoms with Crippen LogP contribution in [-0.4, -0.2) is 22.0 Å². The Kier molecular flexibility index (Phi) is 3.42. The third kappa shape index (κ3) is 2.75. The Labute approximate surface area is 106 Å².